The number of hydrazine groups is 1. The Balaban J connectivity index is 2.29. The molecule has 3 N–H and O–H groups in total. The summed E-state index contributed by atoms with van der Waals surface area (Å²) in [6.07, 6.45) is 6.35. The van der Waals surface area contributed by atoms with Crippen molar-refractivity contribution in [3.8, 4) is 0 Å². The Hall–Kier alpha value is -0.610. The van der Waals surface area contributed by atoms with Crippen LogP contribution in [0.1, 0.15) is 39.0 Å². The van der Waals surface area contributed by atoms with Crippen molar-refractivity contribution in [3.63, 3.8) is 0 Å². The lowest BCUT2D eigenvalue weighted by Crippen LogP contribution is -2.40. The van der Waals surface area contributed by atoms with Crippen LogP contribution in [-0.2, 0) is 4.79 Å². The molecule has 4 heteroatoms. The minimum atomic E-state index is -0.0797. The highest BCUT2D eigenvalue weighted by molar-refractivity contribution is 5.77. The average molecular weight is 213 g/mol. The molecule has 88 valence electrons. The summed E-state index contributed by atoms with van der Waals surface area (Å²) in [5, 5.41) is 0. The summed E-state index contributed by atoms with van der Waals surface area (Å²) >= 11 is 0. The first-order chi connectivity index (χ1) is 7.26. The van der Waals surface area contributed by atoms with E-state index in [1.54, 1.807) is 0 Å². The lowest BCUT2D eigenvalue weighted by molar-refractivity contribution is -0.122. The van der Waals surface area contributed by atoms with E-state index in [0.29, 0.717) is 6.54 Å². The van der Waals surface area contributed by atoms with Crippen molar-refractivity contribution in [3.05, 3.63) is 0 Å². The van der Waals surface area contributed by atoms with Gasteiger partial charge in [0.15, 0.2) is 0 Å². The van der Waals surface area contributed by atoms with E-state index in [1.807, 2.05) is 0 Å². The second-order valence-corrected chi connectivity index (χ2v) is 4.43. The van der Waals surface area contributed by atoms with Gasteiger partial charge in [0.25, 0.3) is 0 Å². The van der Waals surface area contributed by atoms with Gasteiger partial charge < -0.3 is 0 Å². The van der Waals surface area contributed by atoms with Crippen LogP contribution in [0.15, 0.2) is 0 Å². The molecule has 4 nitrogen and oxygen atoms in total. The van der Waals surface area contributed by atoms with Gasteiger partial charge in [0.2, 0.25) is 5.91 Å². The summed E-state index contributed by atoms with van der Waals surface area (Å²) in [5.74, 6) is 5.86. The molecule has 1 heterocycles. The number of hydrogen-bond acceptors (Lipinski definition) is 3. The molecular formula is C11H23N3O. The molecule has 1 amide bonds. The maximum Gasteiger partial charge on any atom is 0.248 e. The topological polar surface area (TPSA) is 58.4 Å². The fraction of sp³-hybridized carbons (Fsp3) is 0.909. The minimum Gasteiger partial charge on any atom is -0.294 e. The normalized spacial score (nSPS) is 23.5. The predicted molar refractivity (Wildman–Crippen MR) is 61.0 cm³/mol. The van der Waals surface area contributed by atoms with E-state index in [9.17, 15) is 4.79 Å². The third-order valence-corrected chi connectivity index (χ3v) is 3.17. The van der Waals surface area contributed by atoms with Gasteiger partial charge in [-0.1, -0.05) is 19.8 Å². The smallest absolute Gasteiger partial charge is 0.248 e. The van der Waals surface area contributed by atoms with E-state index in [-0.39, 0.29) is 5.91 Å². The largest absolute Gasteiger partial charge is 0.294 e. The maximum atomic E-state index is 11.1. The fourth-order valence-corrected chi connectivity index (χ4v) is 2.33. The molecule has 1 saturated heterocycles. The molecule has 0 saturated carbocycles. The standard InChI is InChI=1S/C11H23N3O/c1-2-4-10-5-3-7-14(8-6-10)9-11(15)13-12/h10H,2-9,12H2,1H3,(H,13,15). The molecule has 0 bridgehead atoms. The van der Waals surface area contributed by atoms with Crippen LogP contribution in [0.5, 0.6) is 0 Å². The first-order valence-electron chi connectivity index (χ1n) is 5.98. The van der Waals surface area contributed by atoms with Gasteiger partial charge in [-0.25, -0.2) is 5.84 Å². The third kappa shape index (κ3) is 4.62. The summed E-state index contributed by atoms with van der Waals surface area (Å²) in [7, 11) is 0. The number of nitrogens with two attached hydrogens (primary N) is 1. The molecule has 15 heavy (non-hydrogen) atoms. The Labute approximate surface area is 92.2 Å². The Bertz CT molecular complexity index is 196. The van der Waals surface area contributed by atoms with Gasteiger partial charge in [-0.3, -0.25) is 15.1 Å². The zero-order chi connectivity index (χ0) is 11.1. The summed E-state index contributed by atoms with van der Waals surface area (Å²) in [6.45, 7) is 4.77. The molecule has 0 spiro atoms. The van der Waals surface area contributed by atoms with Gasteiger partial charge in [-0.15, -0.1) is 0 Å². The van der Waals surface area contributed by atoms with Crippen molar-refractivity contribution < 1.29 is 4.79 Å². The lowest BCUT2D eigenvalue weighted by Gasteiger charge is -2.18. The van der Waals surface area contributed by atoms with Crippen LogP contribution in [0, 0.1) is 5.92 Å². The zero-order valence-corrected chi connectivity index (χ0v) is 9.67. The highest BCUT2D eigenvalue weighted by Gasteiger charge is 2.17. The monoisotopic (exact) mass is 213 g/mol. The van der Waals surface area contributed by atoms with E-state index in [2.05, 4.69) is 17.2 Å². The number of hydrogen-bond donors (Lipinski definition) is 2. The molecule has 1 aliphatic rings. The summed E-state index contributed by atoms with van der Waals surface area (Å²) in [6, 6.07) is 0. The lowest BCUT2D eigenvalue weighted by atomic mass is 9.96. The van der Waals surface area contributed by atoms with E-state index >= 15 is 0 Å². The minimum absolute atomic E-state index is 0.0797. The third-order valence-electron chi connectivity index (χ3n) is 3.17. The second-order valence-electron chi connectivity index (χ2n) is 4.43. The van der Waals surface area contributed by atoms with Gasteiger partial charge in [-0.05, 0) is 38.3 Å². The van der Waals surface area contributed by atoms with Crippen molar-refractivity contribution in [1.29, 1.82) is 0 Å². The van der Waals surface area contributed by atoms with E-state index in [4.69, 9.17) is 5.84 Å². The first kappa shape index (κ1) is 12.5. The SMILES string of the molecule is CCCC1CCCN(CC(=O)NN)CC1. The molecular weight excluding hydrogens is 190 g/mol. The highest BCUT2D eigenvalue weighted by Crippen LogP contribution is 2.21. The number of carbonyl (C=O) groups excluding carboxylic acids is 1. The second kappa shape index (κ2) is 6.80. The molecule has 1 aliphatic heterocycles. The Kier molecular flexibility index (Phi) is 5.65. The highest BCUT2D eigenvalue weighted by atomic mass is 16.2. The molecule has 0 radical (unpaired) electrons. The number of amides is 1. The fourth-order valence-electron chi connectivity index (χ4n) is 2.33. The molecule has 1 unspecified atom stereocenters. The van der Waals surface area contributed by atoms with Crippen LogP contribution in [0.25, 0.3) is 0 Å². The molecule has 1 atom stereocenters. The van der Waals surface area contributed by atoms with E-state index in [0.717, 1.165) is 19.0 Å². The van der Waals surface area contributed by atoms with Crippen LogP contribution in [-0.4, -0.2) is 30.4 Å². The molecule has 1 rings (SSSR count). The van der Waals surface area contributed by atoms with E-state index in [1.165, 1.54) is 32.1 Å². The van der Waals surface area contributed by atoms with Crippen molar-refractivity contribution in [1.82, 2.24) is 10.3 Å². The van der Waals surface area contributed by atoms with Gasteiger partial charge in [0.05, 0.1) is 6.54 Å². The number of rotatable bonds is 4. The molecule has 0 aromatic carbocycles. The van der Waals surface area contributed by atoms with Crippen LogP contribution in [0.2, 0.25) is 0 Å². The van der Waals surface area contributed by atoms with E-state index < -0.39 is 0 Å². The number of nitrogens with one attached hydrogen (secondary N) is 1. The average Bonchev–Trinajstić information content (AvgIpc) is 2.45. The van der Waals surface area contributed by atoms with Gasteiger partial charge >= 0.3 is 0 Å². The van der Waals surface area contributed by atoms with Crippen molar-refractivity contribution in [2.75, 3.05) is 19.6 Å². The predicted octanol–water partition coefficient (Wildman–Crippen LogP) is 0.879. The number of likely N-dealkylation sites (tertiary alicyclic amines) is 1. The zero-order valence-electron chi connectivity index (χ0n) is 9.67. The van der Waals surface area contributed by atoms with Gasteiger partial charge in [-0.2, -0.15) is 0 Å². The molecule has 0 aromatic rings. The van der Waals surface area contributed by atoms with Crippen molar-refractivity contribution in [2.45, 2.75) is 39.0 Å². The molecule has 0 aromatic heterocycles. The van der Waals surface area contributed by atoms with Crippen LogP contribution < -0.4 is 11.3 Å². The molecule has 1 fully saturated rings. The van der Waals surface area contributed by atoms with Gasteiger partial charge in [0.1, 0.15) is 0 Å². The van der Waals surface area contributed by atoms with Crippen LogP contribution in [0.3, 0.4) is 0 Å². The summed E-state index contributed by atoms with van der Waals surface area (Å²) < 4.78 is 0. The Morgan fingerprint density at radius 3 is 2.93 bits per heavy atom. The Morgan fingerprint density at radius 2 is 2.27 bits per heavy atom. The maximum absolute atomic E-state index is 11.1. The summed E-state index contributed by atoms with van der Waals surface area (Å²) in [5.41, 5.74) is 2.19. The molecule has 0 aliphatic carbocycles. The quantitative estimate of drug-likeness (QED) is 0.414. The number of nitrogens with zero attached hydrogens (tertiary/aromatic N) is 1. The van der Waals surface area contributed by atoms with Crippen LogP contribution >= 0.6 is 0 Å². The van der Waals surface area contributed by atoms with Crippen molar-refractivity contribution >= 4 is 5.91 Å². The first-order valence-corrected chi connectivity index (χ1v) is 5.98. The van der Waals surface area contributed by atoms with Crippen LogP contribution in [0.4, 0.5) is 0 Å². The van der Waals surface area contributed by atoms with Gasteiger partial charge in [0, 0.05) is 0 Å². The summed E-state index contributed by atoms with van der Waals surface area (Å²) in [4.78, 5) is 13.3. The number of carbonyl (C=O) groups is 1. The van der Waals surface area contributed by atoms with Crippen molar-refractivity contribution in [2.24, 2.45) is 11.8 Å². The Morgan fingerprint density at radius 1 is 1.47 bits per heavy atom.